The van der Waals surface area contributed by atoms with Crippen LogP contribution in [0.5, 0.6) is 0 Å². The number of hydrogen-bond acceptors (Lipinski definition) is 4. The van der Waals surface area contributed by atoms with E-state index in [1.165, 1.54) is 25.7 Å². The standard InChI is InChI=1S/C14H16N2S2/c15-13-12(10-6-2-1-3-7-10)16-14(18-13)17-11-8-4-5-9-11/h1-3,6-7,11H,4-5,8-9,15H2. The molecule has 1 aromatic carbocycles. The molecule has 2 aromatic rings. The van der Waals surface area contributed by atoms with Gasteiger partial charge in [-0.2, -0.15) is 0 Å². The smallest absolute Gasteiger partial charge is 0.152 e. The van der Waals surface area contributed by atoms with E-state index in [2.05, 4.69) is 12.1 Å². The predicted octanol–water partition coefficient (Wildman–Crippen LogP) is 4.43. The highest BCUT2D eigenvalue weighted by atomic mass is 32.2. The van der Waals surface area contributed by atoms with Gasteiger partial charge in [0, 0.05) is 10.8 Å². The van der Waals surface area contributed by atoms with E-state index in [9.17, 15) is 0 Å². The molecule has 2 N–H and O–H groups in total. The van der Waals surface area contributed by atoms with Crippen LogP contribution >= 0.6 is 23.1 Å². The first-order valence-corrected chi connectivity index (χ1v) is 8.01. The number of hydrogen-bond donors (Lipinski definition) is 1. The molecule has 0 saturated heterocycles. The first kappa shape index (κ1) is 12.1. The van der Waals surface area contributed by atoms with E-state index in [-0.39, 0.29) is 0 Å². The first-order chi connectivity index (χ1) is 8.83. The molecule has 1 aliphatic rings. The number of nitrogens with zero attached hydrogens (tertiary/aromatic N) is 1. The van der Waals surface area contributed by atoms with Crippen molar-refractivity contribution in [2.75, 3.05) is 5.73 Å². The van der Waals surface area contributed by atoms with Gasteiger partial charge in [-0.15, -0.1) is 0 Å². The molecule has 0 amide bonds. The summed E-state index contributed by atoms with van der Waals surface area (Å²) in [6.07, 6.45) is 5.38. The maximum atomic E-state index is 6.09. The molecular weight excluding hydrogens is 260 g/mol. The van der Waals surface area contributed by atoms with Gasteiger partial charge in [-0.3, -0.25) is 0 Å². The molecule has 1 saturated carbocycles. The van der Waals surface area contributed by atoms with E-state index in [0.717, 1.165) is 25.8 Å². The molecule has 0 aliphatic heterocycles. The summed E-state index contributed by atoms with van der Waals surface area (Å²) in [5, 5.41) is 1.58. The summed E-state index contributed by atoms with van der Waals surface area (Å²) in [5.74, 6) is 0. The lowest BCUT2D eigenvalue weighted by Crippen LogP contribution is -1.92. The number of rotatable bonds is 3. The van der Waals surface area contributed by atoms with Crippen molar-refractivity contribution in [1.82, 2.24) is 4.98 Å². The first-order valence-electron chi connectivity index (χ1n) is 6.31. The van der Waals surface area contributed by atoms with Crippen LogP contribution in [-0.2, 0) is 0 Å². The molecular formula is C14H16N2S2. The second-order valence-electron chi connectivity index (χ2n) is 4.58. The highest BCUT2D eigenvalue weighted by molar-refractivity contribution is 8.01. The number of nitrogens with two attached hydrogens (primary N) is 1. The molecule has 1 heterocycles. The van der Waals surface area contributed by atoms with Crippen LogP contribution in [0, 0.1) is 0 Å². The molecule has 1 aromatic heterocycles. The Hall–Kier alpha value is -1.00. The van der Waals surface area contributed by atoms with E-state index < -0.39 is 0 Å². The largest absolute Gasteiger partial charge is 0.389 e. The maximum absolute atomic E-state index is 6.09. The summed E-state index contributed by atoms with van der Waals surface area (Å²) in [4.78, 5) is 4.70. The van der Waals surface area contributed by atoms with Crippen LogP contribution in [0.4, 0.5) is 5.00 Å². The van der Waals surface area contributed by atoms with Crippen LogP contribution in [0.3, 0.4) is 0 Å². The molecule has 0 unspecified atom stereocenters. The summed E-state index contributed by atoms with van der Waals surface area (Å²) in [5.41, 5.74) is 8.15. The molecule has 18 heavy (non-hydrogen) atoms. The van der Waals surface area contributed by atoms with Gasteiger partial charge in [0.2, 0.25) is 0 Å². The number of aromatic nitrogens is 1. The highest BCUT2D eigenvalue weighted by Crippen LogP contribution is 2.40. The fraction of sp³-hybridized carbons (Fsp3) is 0.357. The Labute approximate surface area is 116 Å². The van der Waals surface area contributed by atoms with Crippen LogP contribution in [0.25, 0.3) is 11.3 Å². The summed E-state index contributed by atoms with van der Waals surface area (Å²) in [6, 6.07) is 10.2. The van der Waals surface area contributed by atoms with Crippen molar-refractivity contribution < 1.29 is 0 Å². The molecule has 0 radical (unpaired) electrons. The molecule has 1 aliphatic carbocycles. The fourth-order valence-corrected chi connectivity index (χ4v) is 4.77. The zero-order valence-electron chi connectivity index (χ0n) is 10.1. The average molecular weight is 276 g/mol. The summed E-state index contributed by atoms with van der Waals surface area (Å²) in [6.45, 7) is 0. The van der Waals surface area contributed by atoms with Gasteiger partial charge in [0.25, 0.3) is 0 Å². The third-order valence-electron chi connectivity index (χ3n) is 3.25. The normalized spacial score (nSPS) is 16.2. The molecule has 0 bridgehead atoms. The average Bonchev–Trinajstić information content (AvgIpc) is 3.01. The van der Waals surface area contributed by atoms with Crippen LogP contribution in [0.15, 0.2) is 34.7 Å². The van der Waals surface area contributed by atoms with Crippen molar-refractivity contribution in [2.45, 2.75) is 35.3 Å². The molecule has 94 valence electrons. The summed E-state index contributed by atoms with van der Waals surface area (Å²) in [7, 11) is 0. The quantitative estimate of drug-likeness (QED) is 0.901. The number of nitrogen functional groups attached to an aromatic ring is 1. The highest BCUT2D eigenvalue weighted by Gasteiger charge is 2.19. The Morgan fingerprint density at radius 2 is 1.89 bits per heavy atom. The van der Waals surface area contributed by atoms with Gasteiger partial charge in [0.05, 0.1) is 0 Å². The second-order valence-corrected chi connectivity index (χ2v) is 7.16. The lowest BCUT2D eigenvalue weighted by atomic mass is 10.2. The van der Waals surface area contributed by atoms with Crippen LogP contribution in [0.1, 0.15) is 25.7 Å². The van der Waals surface area contributed by atoms with E-state index in [0.29, 0.717) is 0 Å². The SMILES string of the molecule is Nc1sc(SC2CCCC2)nc1-c1ccccc1. The third kappa shape index (κ3) is 2.54. The van der Waals surface area contributed by atoms with Gasteiger partial charge in [-0.25, -0.2) is 4.98 Å². The Kier molecular flexibility index (Phi) is 3.57. The Bertz CT molecular complexity index is 516. The van der Waals surface area contributed by atoms with E-state index in [1.54, 1.807) is 11.3 Å². The van der Waals surface area contributed by atoms with Crippen molar-refractivity contribution in [1.29, 1.82) is 0 Å². The predicted molar refractivity (Wildman–Crippen MR) is 80.1 cm³/mol. The van der Waals surface area contributed by atoms with Crippen molar-refractivity contribution in [2.24, 2.45) is 0 Å². The minimum atomic E-state index is 0.749. The van der Waals surface area contributed by atoms with Gasteiger partial charge in [-0.1, -0.05) is 66.3 Å². The monoisotopic (exact) mass is 276 g/mol. The fourth-order valence-electron chi connectivity index (χ4n) is 2.31. The third-order valence-corrected chi connectivity index (χ3v) is 5.57. The zero-order chi connectivity index (χ0) is 12.4. The molecule has 0 spiro atoms. The Morgan fingerprint density at radius 3 is 2.61 bits per heavy atom. The summed E-state index contributed by atoms with van der Waals surface area (Å²) >= 11 is 3.53. The Morgan fingerprint density at radius 1 is 1.17 bits per heavy atom. The van der Waals surface area contributed by atoms with Crippen LogP contribution in [-0.4, -0.2) is 10.2 Å². The number of benzene rings is 1. The van der Waals surface area contributed by atoms with Crippen molar-refractivity contribution in [3.05, 3.63) is 30.3 Å². The summed E-state index contributed by atoms with van der Waals surface area (Å²) < 4.78 is 1.12. The van der Waals surface area contributed by atoms with E-state index in [1.807, 2.05) is 30.0 Å². The van der Waals surface area contributed by atoms with Gasteiger partial charge in [-0.05, 0) is 12.8 Å². The van der Waals surface area contributed by atoms with Crippen LogP contribution in [0.2, 0.25) is 0 Å². The lowest BCUT2D eigenvalue weighted by molar-refractivity contribution is 0.886. The second kappa shape index (κ2) is 5.33. The number of thioether (sulfide) groups is 1. The minimum Gasteiger partial charge on any atom is -0.389 e. The Balaban J connectivity index is 1.82. The van der Waals surface area contributed by atoms with Gasteiger partial charge < -0.3 is 5.73 Å². The van der Waals surface area contributed by atoms with E-state index >= 15 is 0 Å². The molecule has 1 fully saturated rings. The molecule has 2 nitrogen and oxygen atoms in total. The van der Waals surface area contributed by atoms with Crippen molar-refractivity contribution in [3.8, 4) is 11.3 Å². The van der Waals surface area contributed by atoms with Gasteiger partial charge in [0.1, 0.15) is 10.7 Å². The number of thiazole rings is 1. The maximum Gasteiger partial charge on any atom is 0.152 e. The molecule has 4 heteroatoms. The van der Waals surface area contributed by atoms with Gasteiger partial charge >= 0.3 is 0 Å². The van der Waals surface area contributed by atoms with Crippen molar-refractivity contribution >= 4 is 28.1 Å². The molecule has 0 atom stereocenters. The van der Waals surface area contributed by atoms with Crippen LogP contribution < -0.4 is 5.73 Å². The topological polar surface area (TPSA) is 38.9 Å². The zero-order valence-corrected chi connectivity index (χ0v) is 11.8. The molecule has 3 rings (SSSR count). The van der Waals surface area contributed by atoms with Gasteiger partial charge in [0.15, 0.2) is 4.34 Å². The minimum absolute atomic E-state index is 0.749. The lowest BCUT2D eigenvalue weighted by Gasteiger charge is -2.03. The van der Waals surface area contributed by atoms with E-state index in [4.69, 9.17) is 10.7 Å². The van der Waals surface area contributed by atoms with Crippen molar-refractivity contribution in [3.63, 3.8) is 0 Å². The number of anilines is 1.